The van der Waals surface area contributed by atoms with Crippen LogP contribution in [0, 0.1) is 11.3 Å². The van der Waals surface area contributed by atoms with Crippen LogP contribution in [-0.4, -0.2) is 20.5 Å². The van der Waals surface area contributed by atoms with Crippen molar-refractivity contribution in [2.24, 2.45) is 7.05 Å². The normalized spacial score (nSPS) is 11.8. The third-order valence-corrected chi connectivity index (χ3v) is 2.38. The van der Waals surface area contributed by atoms with Crippen molar-refractivity contribution < 1.29 is 4.79 Å². The zero-order valence-corrected chi connectivity index (χ0v) is 9.24. The first-order valence-corrected chi connectivity index (χ1v) is 5.06. The van der Waals surface area contributed by atoms with Crippen molar-refractivity contribution in [3.05, 3.63) is 48.0 Å². The molecule has 0 aliphatic rings. The van der Waals surface area contributed by atoms with Gasteiger partial charge < -0.3 is 0 Å². The van der Waals surface area contributed by atoms with Gasteiger partial charge in [0.1, 0.15) is 11.6 Å². The highest BCUT2D eigenvalue weighted by atomic mass is 16.1. The van der Waals surface area contributed by atoms with Gasteiger partial charge in [-0.05, 0) is 17.7 Å². The maximum atomic E-state index is 12.1. The average Bonchev–Trinajstić information content (AvgIpc) is 2.78. The number of hydrogen-bond acceptors (Lipinski definition) is 4. The van der Waals surface area contributed by atoms with Crippen molar-refractivity contribution in [1.29, 1.82) is 5.26 Å². The van der Waals surface area contributed by atoms with Crippen molar-refractivity contribution in [3.63, 3.8) is 0 Å². The lowest BCUT2D eigenvalue weighted by Gasteiger charge is -2.05. The summed E-state index contributed by atoms with van der Waals surface area (Å²) in [6, 6.07) is 7.00. The number of pyridine rings is 1. The number of aryl methyl sites for hydroxylation is 1. The van der Waals surface area contributed by atoms with Crippen LogP contribution >= 0.6 is 0 Å². The molecule has 0 saturated heterocycles. The molecule has 0 spiro atoms. The molecule has 0 saturated carbocycles. The molecule has 2 heterocycles. The van der Waals surface area contributed by atoms with Gasteiger partial charge in [0.15, 0.2) is 0 Å². The molecular weight excluding hydrogens is 216 g/mol. The molecule has 84 valence electrons. The SMILES string of the molecule is Cn1ccc(C(=O)C(C#N)c2cccnc2)n1. The van der Waals surface area contributed by atoms with Crippen molar-refractivity contribution in [1.82, 2.24) is 14.8 Å². The molecule has 17 heavy (non-hydrogen) atoms. The summed E-state index contributed by atoms with van der Waals surface area (Å²) in [7, 11) is 1.72. The van der Waals surface area contributed by atoms with Gasteiger partial charge in [-0.15, -0.1) is 0 Å². The maximum Gasteiger partial charge on any atom is 0.204 e. The van der Waals surface area contributed by atoms with E-state index in [1.54, 1.807) is 37.6 Å². The predicted octanol–water partition coefficient (Wildman–Crippen LogP) is 1.31. The van der Waals surface area contributed by atoms with Crippen LogP contribution in [-0.2, 0) is 7.05 Å². The number of Topliss-reactive ketones (excluding diaryl/α,β-unsaturated/α-hetero) is 1. The van der Waals surface area contributed by atoms with E-state index in [2.05, 4.69) is 10.1 Å². The zero-order valence-electron chi connectivity index (χ0n) is 9.24. The highest BCUT2D eigenvalue weighted by Crippen LogP contribution is 2.18. The van der Waals surface area contributed by atoms with E-state index >= 15 is 0 Å². The first kappa shape index (κ1) is 11.0. The molecule has 0 aliphatic carbocycles. The van der Waals surface area contributed by atoms with E-state index in [9.17, 15) is 4.79 Å². The van der Waals surface area contributed by atoms with Crippen molar-refractivity contribution in [2.45, 2.75) is 5.92 Å². The van der Waals surface area contributed by atoms with Gasteiger partial charge in [-0.25, -0.2) is 0 Å². The largest absolute Gasteiger partial charge is 0.290 e. The minimum atomic E-state index is -0.849. The number of nitrogens with zero attached hydrogens (tertiary/aromatic N) is 4. The molecule has 1 atom stereocenters. The third-order valence-electron chi connectivity index (χ3n) is 2.38. The summed E-state index contributed by atoms with van der Waals surface area (Å²) in [5.74, 6) is -1.15. The molecule has 2 rings (SSSR count). The number of nitriles is 1. The Morgan fingerprint density at radius 3 is 2.88 bits per heavy atom. The Balaban J connectivity index is 2.32. The van der Waals surface area contributed by atoms with Crippen molar-refractivity contribution in [2.75, 3.05) is 0 Å². The lowest BCUT2D eigenvalue weighted by atomic mass is 9.96. The van der Waals surface area contributed by atoms with E-state index in [0.717, 1.165) is 0 Å². The van der Waals surface area contributed by atoms with Crippen LogP contribution in [0.3, 0.4) is 0 Å². The molecule has 0 N–H and O–H groups in total. The van der Waals surface area contributed by atoms with Crippen LogP contribution in [0.25, 0.3) is 0 Å². The number of hydrogen-bond donors (Lipinski definition) is 0. The highest BCUT2D eigenvalue weighted by molar-refractivity contribution is 6.01. The molecule has 1 unspecified atom stereocenters. The molecule has 5 heteroatoms. The van der Waals surface area contributed by atoms with E-state index < -0.39 is 5.92 Å². The van der Waals surface area contributed by atoms with Crippen molar-refractivity contribution >= 4 is 5.78 Å². The summed E-state index contributed by atoms with van der Waals surface area (Å²) in [6.45, 7) is 0. The Morgan fingerprint density at radius 2 is 2.35 bits per heavy atom. The summed E-state index contributed by atoms with van der Waals surface area (Å²) in [4.78, 5) is 16.0. The van der Waals surface area contributed by atoms with Gasteiger partial charge >= 0.3 is 0 Å². The van der Waals surface area contributed by atoms with Gasteiger partial charge in [0.25, 0.3) is 0 Å². The minimum absolute atomic E-state index is 0.294. The Morgan fingerprint density at radius 1 is 1.53 bits per heavy atom. The lowest BCUT2D eigenvalue weighted by Crippen LogP contribution is -2.12. The third kappa shape index (κ3) is 2.21. The number of carbonyl (C=O) groups excluding carboxylic acids is 1. The smallest absolute Gasteiger partial charge is 0.204 e. The Bertz CT molecular complexity index is 568. The van der Waals surface area contributed by atoms with E-state index in [4.69, 9.17) is 5.26 Å². The van der Waals surface area contributed by atoms with Gasteiger partial charge in [-0.3, -0.25) is 14.5 Å². The fourth-order valence-electron chi connectivity index (χ4n) is 1.53. The molecule has 0 aromatic carbocycles. The average molecular weight is 226 g/mol. The highest BCUT2D eigenvalue weighted by Gasteiger charge is 2.23. The quantitative estimate of drug-likeness (QED) is 0.739. The van der Waals surface area contributed by atoms with E-state index in [1.165, 1.54) is 10.9 Å². The number of aromatic nitrogens is 3. The van der Waals surface area contributed by atoms with Crippen molar-refractivity contribution in [3.8, 4) is 6.07 Å². The molecule has 0 aliphatic heterocycles. The molecule has 0 radical (unpaired) electrons. The Labute approximate surface area is 98.3 Å². The van der Waals surface area contributed by atoms with E-state index in [0.29, 0.717) is 11.3 Å². The number of ketones is 1. The monoisotopic (exact) mass is 226 g/mol. The summed E-state index contributed by atoms with van der Waals surface area (Å²) in [6.07, 6.45) is 4.79. The predicted molar refractivity (Wildman–Crippen MR) is 60.1 cm³/mol. The summed E-state index contributed by atoms with van der Waals surface area (Å²) in [5, 5.41) is 13.1. The second kappa shape index (κ2) is 4.58. The first-order valence-electron chi connectivity index (χ1n) is 5.06. The molecule has 0 amide bonds. The number of rotatable bonds is 3. The molecule has 2 aromatic heterocycles. The van der Waals surface area contributed by atoms with Crippen LogP contribution < -0.4 is 0 Å². The van der Waals surface area contributed by atoms with Gasteiger partial charge in [-0.1, -0.05) is 6.07 Å². The molecular formula is C12H10N4O. The molecule has 5 nitrogen and oxygen atoms in total. The fourth-order valence-corrected chi connectivity index (χ4v) is 1.53. The van der Waals surface area contributed by atoms with Crippen LogP contribution in [0.5, 0.6) is 0 Å². The van der Waals surface area contributed by atoms with Gasteiger partial charge in [-0.2, -0.15) is 10.4 Å². The van der Waals surface area contributed by atoms with Crippen LogP contribution in [0.2, 0.25) is 0 Å². The maximum absolute atomic E-state index is 12.1. The van der Waals surface area contributed by atoms with E-state index in [-0.39, 0.29) is 5.78 Å². The summed E-state index contributed by atoms with van der Waals surface area (Å²) in [5.41, 5.74) is 0.883. The summed E-state index contributed by atoms with van der Waals surface area (Å²) >= 11 is 0. The Kier molecular flexibility index (Phi) is 2.97. The second-order valence-corrected chi connectivity index (χ2v) is 3.59. The van der Waals surface area contributed by atoms with Crippen LogP contribution in [0.1, 0.15) is 22.0 Å². The van der Waals surface area contributed by atoms with Gasteiger partial charge in [0, 0.05) is 25.6 Å². The van der Waals surface area contributed by atoms with Gasteiger partial charge in [0.05, 0.1) is 6.07 Å². The topological polar surface area (TPSA) is 71.6 Å². The van der Waals surface area contributed by atoms with Gasteiger partial charge in [0.2, 0.25) is 5.78 Å². The second-order valence-electron chi connectivity index (χ2n) is 3.59. The standard InChI is InChI=1S/C12H10N4O/c1-16-6-4-11(15-16)12(17)10(7-13)9-3-2-5-14-8-9/h2-6,8,10H,1H3. The lowest BCUT2D eigenvalue weighted by molar-refractivity contribution is 0.0973. The number of carbonyl (C=O) groups is 1. The van der Waals surface area contributed by atoms with Crippen LogP contribution in [0.15, 0.2) is 36.8 Å². The molecule has 0 bridgehead atoms. The first-order chi connectivity index (χ1) is 8.22. The zero-order chi connectivity index (χ0) is 12.3. The van der Waals surface area contributed by atoms with E-state index in [1.807, 2.05) is 6.07 Å². The summed E-state index contributed by atoms with van der Waals surface area (Å²) < 4.78 is 1.53. The molecule has 2 aromatic rings. The fraction of sp³-hybridized carbons (Fsp3) is 0.167. The van der Waals surface area contributed by atoms with Crippen LogP contribution in [0.4, 0.5) is 0 Å². The Hall–Kier alpha value is -2.48. The minimum Gasteiger partial charge on any atom is -0.290 e. The molecule has 0 fully saturated rings.